The van der Waals surface area contributed by atoms with Crippen LogP contribution in [0.15, 0.2) is 24.3 Å². The number of hydrogen-bond acceptors (Lipinski definition) is 3. The van der Waals surface area contributed by atoms with Gasteiger partial charge in [-0.05, 0) is 12.1 Å². The van der Waals surface area contributed by atoms with Crippen molar-refractivity contribution in [3.05, 3.63) is 34.9 Å². The van der Waals surface area contributed by atoms with E-state index in [1.165, 1.54) is 12.1 Å². The first-order valence-corrected chi connectivity index (χ1v) is 6.69. The summed E-state index contributed by atoms with van der Waals surface area (Å²) in [6.45, 7) is -2.56. The van der Waals surface area contributed by atoms with E-state index in [4.69, 9.17) is 11.6 Å². The Bertz CT molecular complexity index is 593. The second kappa shape index (κ2) is 8.37. The zero-order valence-electron chi connectivity index (χ0n) is 11.7. The SMILES string of the molecule is O=C(CNC(=O)CNC(=O)c1ccccc1Cl)NCC(F)(F)F. The lowest BCUT2D eigenvalue weighted by Gasteiger charge is -2.10. The van der Waals surface area contributed by atoms with Crippen molar-refractivity contribution in [2.24, 2.45) is 0 Å². The third kappa shape index (κ3) is 7.50. The standard InChI is InChI=1S/C13H13ClF3N3O3/c14-9-4-2-1-3-8(9)12(23)19-6-10(21)18-5-11(22)20-7-13(15,16)17/h1-4H,5-7H2,(H,18,21)(H,19,23)(H,20,22). The maximum atomic E-state index is 11.9. The molecular weight excluding hydrogens is 339 g/mol. The Labute approximate surface area is 134 Å². The minimum atomic E-state index is -4.53. The van der Waals surface area contributed by atoms with E-state index in [-0.39, 0.29) is 10.6 Å². The molecule has 1 rings (SSSR count). The van der Waals surface area contributed by atoms with E-state index in [0.29, 0.717) is 0 Å². The Morgan fingerprint density at radius 2 is 1.52 bits per heavy atom. The van der Waals surface area contributed by atoms with Crippen LogP contribution >= 0.6 is 11.6 Å². The van der Waals surface area contributed by atoms with Crippen LogP contribution in [0, 0.1) is 0 Å². The largest absolute Gasteiger partial charge is 0.405 e. The van der Waals surface area contributed by atoms with Crippen LogP contribution in [-0.2, 0) is 9.59 Å². The van der Waals surface area contributed by atoms with E-state index in [0.717, 1.165) is 0 Å². The lowest BCUT2D eigenvalue weighted by atomic mass is 10.2. The van der Waals surface area contributed by atoms with Crippen LogP contribution in [0.25, 0.3) is 0 Å². The fourth-order valence-corrected chi connectivity index (χ4v) is 1.63. The maximum absolute atomic E-state index is 11.9. The minimum absolute atomic E-state index is 0.171. The third-order valence-electron chi connectivity index (χ3n) is 2.46. The number of rotatable bonds is 6. The zero-order chi connectivity index (χ0) is 17.5. The summed E-state index contributed by atoms with van der Waals surface area (Å²) in [4.78, 5) is 34.2. The number of carbonyl (C=O) groups excluding carboxylic acids is 3. The van der Waals surface area contributed by atoms with Crippen molar-refractivity contribution in [2.75, 3.05) is 19.6 Å². The molecule has 0 aromatic heterocycles. The number of amides is 3. The first-order valence-electron chi connectivity index (χ1n) is 6.32. The number of alkyl halides is 3. The quantitative estimate of drug-likeness (QED) is 0.710. The van der Waals surface area contributed by atoms with Crippen LogP contribution in [-0.4, -0.2) is 43.5 Å². The molecule has 0 aliphatic heterocycles. The number of benzene rings is 1. The number of carbonyl (C=O) groups is 3. The molecule has 6 nitrogen and oxygen atoms in total. The van der Waals surface area contributed by atoms with Crippen molar-refractivity contribution in [3.8, 4) is 0 Å². The van der Waals surface area contributed by atoms with Gasteiger partial charge in [-0.3, -0.25) is 14.4 Å². The molecule has 10 heteroatoms. The average molecular weight is 352 g/mol. The predicted octanol–water partition coefficient (Wildman–Crippen LogP) is 0.865. The lowest BCUT2D eigenvalue weighted by molar-refractivity contribution is -0.138. The Hall–Kier alpha value is -2.29. The molecule has 3 amide bonds. The summed E-state index contributed by atoms with van der Waals surface area (Å²) in [5.74, 6) is -2.31. The van der Waals surface area contributed by atoms with E-state index in [1.54, 1.807) is 17.4 Å². The molecule has 0 saturated heterocycles. The van der Waals surface area contributed by atoms with Crippen molar-refractivity contribution < 1.29 is 27.6 Å². The Balaban J connectivity index is 2.31. The van der Waals surface area contributed by atoms with Gasteiger partial charge < -0.3 is 16.0 Å². The highest BCUT2D eigenvalue weighted by atomic mass is 35.5. The molecule has 0 aliphatic rings. The Morgan fingerprint density at radius 3 is 2.13 bits per heavy atom. The van der Waals surface area contributed by atoms with Crippen LogP contribution in [0.1, 0.15) is 10.4 Å². The van der Waals surface area contributed by atoms with Crippen LogP contribution in [0.3, 0.4) is 0 Å². The van der Waals surface area contributed by atoms with Crippen molar-refractivity contribution in [2.45, 2.75) is 6.18 Å². The zero-order valence-corrected chi connectivity index (χ0v) is 12.4. The van der Waals surface area contributed by atoms with Crippen LogP contribution < -0.4 is 16.0 Å². The van der Waals surface area contributed by atoms with Gasteiger partial charge in [-0.15, -0.1) is 0 Å². The van der Waals surface area contributed by atoms with Gasteiger partial charge in [0.2, 0.25) is 11.8 Å². The van der Waals surface area contributed by atoms with Gasteiger partial charge in [-0.1, -0.05) is 23.7 Å². The molecule has 126 valence electrons. The molecular formula is C13H13ClF3N3O3. The number of nitrogens with one attached hydrogen (secondary N) is 3. The molecule has 23 heavy (non-hydrogen) atoms. The highest BCUT2D eigenvalue weighted by Crippen LogP contribution is 2.14. The monoisotopic (exact) mass is 351 g/mol. The molecule has 0 unspecified atom stereocenters. The minimum Gasteiger partial charge on any atom is -0.346 e. The van der Waals surface area contributed by atoms with Gasteiger partial charge in [0.05, 0.1) is 23.7 Å². The van der Waals surface area contributed by atoms with E-state index >= 15 is 0 Å². The highest BCUT2D eigenvalue weighted by molar-refractivity contribution is 6.33. The van der Waals surface area contributed by atoms with E-state index in [2.05, 4.69) is 10.6 Å². The summed E-state index contributed by atoms with van der Waals surface area (Å²) in [5, 5.41) is 6.14. The van der Waals surface area contributed by atoms with E-state index in [1.807, 2.05) is 0 Å². The normalized spacial score (nSPS) is 10.8. The Morgan fingerprint density at radius 1 is 0.957 bits per heavy atom. The highest BCUT2D eigenvalue weighted by Gasteiger charge is 2.27. The maximum Gasteiger partial charge on any atom is 0.405 e. The second-order valence-corrected chi connectivity index (χ2v) is 4.74. The topological polar surface area (TPSA) is 87.3 Å². The second-order valence-electron chi connectivity index (χ2n) is 4.33. The van der Waals surface area contributed by atoms with Gasteiger partial charge >= 0.3 is 6.18 Å². The van der Waals surface area contributed by atoms with Gasteiger partial charge in [0, 0.05) is 0 Å². The fourth-order valence-electron chi connectivity index (χ4n) is 1.40. The summed E-state index contributed by atoms with van der Waals surface area (Å²) in [6, 6.07) is 6.18. The van der Waals surface area contributed by atoms with Crippen molar-refractivity contribution in [1.29, 1.82) is 0 Å². The molecule has 3 N–H and O–H groups in total. The van der Waals surface area contributed by atoms with E-state index < -0.39 is 43.5 Å². The lowest BCUT2D eigenvalue weighted by Crippen LogP contribution is -2.43. The fraction of sp³-hybridized carbons (Fsp3) is 0.308. The summed E-state index contributed by atoms with van der Waals surface area (Å²) in [5.41, 5.74) is 0.171. The molecule has 0 bridgehead atoms. The summed E-state index contributed by atoms with van der Waals surface area (Å²) >= 11 is 5.80. The molecule has 0 atom stereocenters. The molecule has 0 heterocycles. The average Bonchev–Trinajstić information content (AvgIpc) is 2.48. The summed E-state index contributed by atoms with van der Waals surface area (Å²) in [6.07, 6.45) is -4.53. The molecule has 0 aliphatic carbocycles. The van der Waals surface area contributed by atoms with Crippen LogP contribution in [0.4, 0.5) is 13.2 Å². The third-order valence-corrected chi connectivity index (χ3v) is 2.79. The first kappa shape index (κ1) is 18.8. The molecule has 1 aromatic carbocycles. The van der Waals surface area contributed by atoms with Crippen molar-refractivity contribution in [1.82, 2.24) is 16.0 Å². The smallest absolute Gasteiger partial charge is 0.346 e. The van der Waals surface area contributed by atoms with Gasteiger partial charge in [-0.2, -0.15) is 13.2 Å². The number of hydrogen-bond donors (Lipinski definition) is 3. The molecule has 0 radical (unpaired) electrons. The van der Waals surface area contributed by atoms with Crippen LogP contribution in [0.2, 0.25) is 5.02 Å². The molecule has 1 aromatic rings. The van der Waals surface area contributed by atoms with Gasteiger partial charge in [0.15, 0.2) is 0 Å². The van der Waals surface area contributed by atoms with Crippen molar-refractivity contribution >= 4 is 29.3 Å². The van der Waals surface area contributed by atoms with Crippen LogP contribution in [0.5, 0.6) is 0 Å². The van der Waals surface area contributed by atoms with Gasteiger partial charge in [0.25, 0.3) is 5.91 Å². The first-order chi connectivity index (χ1) is 10.7. The van der Waals surface area contributed by atoms with E-state index in [9.17, 15) is 27.6 Å². The predicted molar refractivity (Wildman–Crippen MR) is 75.9 cm³/mol. The Kier molecular flexibility index (Phi) is 6.83. The van der Waals surface area contributed by atoms with Gasteiger partial charge in [-0.25, -0.2) is 0 Å². The number of halogens is 4. The summed E-state index contributed by atoms with van der Waals surface area (Å²) < 4.78 is 35.6. The molecule has 0 saturated carbocycles. The molecule has 0 fully saturated rings. The molecule has 0 spiro atoms. The summed E-state index contributed by atoms with van der Waals surface area (Å²) in [7, 11) is 0. The van der Waals surface area contributed by atoms with Gasteiger partial charge in [0.1, 0.15) is 6.54 Å². The van der Waals surface area contributed by atoms with Crippen molar-refractivity contribution in [3.63, 3.8) is 0 Å².